The van der Waals surface area contributed by atoms with E-state index in [1.54, 1.807) is 48.5 Å². The summed E-state index contributed by atoms with van der Waals surface area (Å²) in [4.78, 5) is 23.8. The zero-order chi connectivity index (χ0) is 18.2. The van der Waals surface area contributed by atoms with Gasteiger partial charge < -0.3 is 14.2 Å². The largest absolute Gasteiger partial charge is 0.497 e. The fourth-order valence-corrected chi connectivity index (χ4v) is 2.28. The number of benzene rings is 2. The third-order valence-corrected chi connectivity index (χ3v) is 3.64. The second-order valence-electron chi connectivity index (χ2n) is 4.99. The molecule has 2 aromatic carbocycles. The molecule has 5 nitrogen and oxygen atoms in total. The standard InChI is InChI=1S/C19H17ClO5/c1-23-14-9-13(10-15(11-14)24-2)7-8-19(22)25-12-18(21)16-5-3-4-6-17(16)20/h3-11H,12H2,1-2H3/b8-7+. The molecule has 0 aliphatic carbocycles. The Balaban J connectivity index is 1.97. The highest BCUT2D eigenvalue weighted by Crippen LogP contribution is 2.23. The molecule has 0 aliphatic rings. The molecule has 130 valence electrons. The summed E-state index contributed by atoms with van der Waals surface area (Å²) in [5, 5.41) is 0.322. The van der Waals surface area contributed by atoms with Crippen LogP contribution in [0.3, 0.4) is 0 Å². The van der Waals surface area contributed by atoms with E-state index < -0.39 is 5.97 Å². The minimum Gasteiger partial charge on any atom is -0.497 e. The van der Waals surface area contributed by atoms with Crippen LogP contribution < -0.4 is 9.47 Å². The summed E-state index contributed by atoms with van der Waals surface area (Å²) in [6, 6.07) is 11.8. The summed E-state index contributed by atoms with van der Waals surface area (Å²) in [5.74, 6) is 0.195. The van der Waals surface area contributed by atoms with Crippen LogP contribution in [0.25, 0.3) is 6.08 Å². The molecule has 0 amide bonds. The molecular weight excluding hydrogens is 344 g/mol. The van der Waals surface area contributed by atoms with Crippen LogP contribution >= 0.6 is 11.6 Å². The molecule has 0 bridgehead atoms. The number of Topliss-reactive ketones (excluding diaryl/α,β-unsaturated/α-hetero) is 1. The molecule has 0 radical (unpaired) electrons. The Kier molecular flexibility index (Phi) is 6.60. The maximum atomic E-state index is 12.0. The maximum absolute atomic E-state index is 12.0. The van der Waals surface area contributed by atoms with Crippen LogP contribution in [0.2, 0.25) is 5.02 Å². The van der Waals surface area contributed by atoms with E-state index in [0.717, 1.165) is 0 Å². The van der Waals surface area contributed by atoms with E-state index in [2.05, 4.69) is 0 Å². The SMILES string of the molecule is COc1cc(/C=C/C(=O)OCC(=O)c2ccccc2Cl)cc(OC)c1. The highest BCUT2D eigenvalue weighted by molar-refractivity contribution is 6.34. The summed E-state index contributed by atoms with van der Waals surface area (Å²) < 4.78 is 15.3. The molecule has 0 spiro atoms. The Labute approximate surface area is 150 Å². The molecule has 0 aliphatic heterocycles. The second-order valence-corrected chi connectivity index (χ2v) is 5.40. The first-order valence-corrected chi connectivity index (χ1v) is 7.77. The van der Waals surface area contributed by atoms with Gasteiger partial charge in [0.05, 0.1) is 19.2 Å². The van der Waals surface area contributed by atoms with Gasteiger partial charge in [0.1, 0.15) is 11.5 Å². The van der Waals surface area contributed by atoms with Crippen molar-refractivity contribution in [2.75, 3.05) is 20.8 Å². The van der Waals surface area contributed by atoms with Crippen molar-refractivity contribution in [3.63, 3.8) is 0 Å². The predicted molar refractivity (Wildman–Crippen MR) is 95.3 cm³/mol. The van der Waals surface area contributed by atoms with Crippen LogP contribution in [0.5, 0.6) is 11.5 Å². The number of halogens is 1. The Bertz CT molecular complexity index is 776. The van der Waals surface area contributed by atoms with E-state index in [1.165, 1.54) is 20.3 Å². The van der Waals surface area contributed by atoms with Crippen LogP contribution in [0.1, 0.15) is 15.9 Å². The van der Waals surface area contributed by atoms with Gasteiger partial charge in [0, 0.05) is 17.7 Å². The van der Waals surface area contributed by atoms with E-state index in [9.17, 15) is 9.59 Å². The van der Waals surface area contributed by atoms with E-state index >= 15 is 0 Å². The average Bonchev–Trinajstić information content (AvgIpc) is 2.64. The summed E-state index contributed by atoms with van der Waals surface area (Å²) in [6.07, 6.45) is 2.78. The molecule has 25 heavy (non-hydrogen) atoms. The molecule has 0 unspecified atom stereocenters. The van der Waals surface area contributed by atoms with Gasteiger partial charge in [-0.25, -0.2) is 4.79 Å². The molecule has 0 N–H and O–H groups in total. The quantitative estimate of drug-likeness (QED) is 0.427. The summed E-state index contributed by atoms with van der Waals surface area (Å²) >= 11 is 5.93. The lowest BCUT2D eigenvalue weighted by Crippen LogP contribution is -2.12. The minimum absolute atomic E-state index is 0.318. The number of hydrogen-bond acceptors (Lipinski definition) is 5. The van der Waals surface area contributed by atoms with Crippen LogP contribution in [0.4, 0.5) is 0 Å². The molecule has 6 heteroatoms. The van der Waals surface area contributed by atoms with E-state index in [1.807, 2.05) is 0 Å². The molecule has 0 fully saturated rings. The molecule has 0 atom stereocenters. The van der Waals surface area contributed by atoms with Gasteiger partial charge in [0.15, 0.2) is 6.61 Å². The summed E-state index contributed by atoms with van der Waals surface area (Å²) in [7, 11) is 3.08. The monoisotopic (exact) mass is 360 g/mol. The number of ether oxygens (including phenoxy) is 3. The number of methoxy groups -OCH3 is 2. The second kappa shape index (κ2) is 8.89. The first kappa shape index (κ1) is 18.5. The zero-order valence-electron chi connectivity index (χ0n) is 13.8. The van der Waals surface area contributed by atoms with Crippen molar-refractivity contribution in [2.45, 2.75) is 0 Å². The van der Waals surface area contributed by atoms with Gasteiger partial charge >= 0.3 is 5.97 Å². The molecule has 2 rings (SSSR count). The fraction of sp³-hybridized carbons (Fsp3) is 0.158. The number of carbonyl (C=O) groups is 2. The number of ketones is 1. The highest BCUT2D eigenvalue weighted by Gasteiger charge is 2.11. The van der Waals surface area contributed by atoms with Crippen molar-refractivity contribution in [3.8, 4) is 11.5 Å². The molecule has 2 aromatic rings. The fourth-order valence-electron chi connectivity index (χ4n) is 2.04. The van der Waals surface area contributed by atoms with E-state index in [4.69, 9.17) is 25.8 Å². The normalized spacial score (nSPS) is 10.5. The molecule has 0 heterocycles. The summed E-state index contributed by atoms with van der Waals surface area (Å²) in [5.41, 5.74) is 1.02. The van der Waals surface area contributed by atoms with Gasteiger partial charge in [-0.3, -0.25) is 4.79 Å². The lowest BCUT2D eigenvalue weighted by atomic mass is 10.1. The lowest BCUT2D eigenvalue weighted by Gasteiger charge is -2.06. The number of esters is 1. The average molecular weight is 361 g/mol. The Hall–Kier alpha value is -2.79. The van der Waals surface area contributed by atoms with Gasteiger partial charge in [-0.1, -0.05) is 23.7 Å². The van der Waals surface area contributed by atoms with E-state index in [0.29, 0.717) is 27.6 Å². The number of carbonyl (C=O) groups excluding carboxylic acids is 2. The van der Waals surface area contributed by atoms with Crippen molar-refractivity contribution in [1.29, 1.82) is 0 Å². The van der Waals surface area contributed by atoms with Gasteiger partial charge in [0.25, 0.3) is 0 Å². The number of rotatable bonds is 7. The third kappa shape index (κ3) is 5.36. The summed E-state index contributed by atoms with van der Waals surface area (Å²) in [6.45, 7) is -0.381. The van der Waals surface area contributed by atoms with Gasteiger partial charge in [-0.05, 0) is 35.9 Å². The van der Waals surface area contributed by atoms with Gasteiger partial charge in [-0.2, -0.15) is 0 Å². The smallest absolute Gasteiger partial charge is 0.331 e. The lowest BCUT2D eigenvalue weighted by molar-refractivity contribution is -0.136. The first-order valence-electron chi connectivity index (χ1n) is 7.39. The Morgan fingerprint density at radius 2 is 1.68 bits per heavy atom. The van der Waals surface area contributed by atoms with Crippen LogP contribution in [-0.2, 0) is 9.53 Å². The zero-order valence-corrected chi connectivity index (χ0v) is 14.6. The van der Waals surface area contributed by atoms with Crippen molar-refractivity contribution in [2.24, 2.45) is 0 Å². The number of hydrogen-bond donors (Lipinski definition) is 0. The van der Waals surface area contributed by atoms with Crippen molar-refractivity contribution >= 4 is 29.4 Å². The Morgan fingerprint density at radius 1 is 1.04 bits per heavy atom. The van der Waals surface area contributed by atoms with Crippen molar-refractivity contribution in [1.82, 2.24) is 0 Å². The third-order valence-electron chi connectivity index (χ3n) is 3.31. The van der Waals surface area contributed by atoms with E-state index in [-0.39, 0.29) is 12.4 Å². The molecule has 0 aromatic heterocycles. The van der Waals surface area contributed by atoms with Gasteiger partial charge in [0.2, 0.25) is 5.78 Å². The predicted octanol–water partition coefficient (Wildman–Crippen LogP) is 3.80. The minimum atomic E-state index is -0.637. The van der Waals surface area contributed by atoms with Crippen LogP contribution in [0, 0.1) is 0 Å². The topological polar surface area (TPSA) is 61.8 Å². The molecular formula is C19H17ClO5. The van der Waals surface area contributed by atoms with Crippen molar-refractivity contribution < 1.29 is 23.8 Å². The van der Waals surface area contributed by atoms with Gasteiger partial charge in [-0.15, -0.1) is 0 Å². The first-order chi connectivity index (χ1) is 12.0. The Morgan fingerprint density at radius 3 is 2.28 bits per heavy atom. The molecule has 0 saturated carbocycles. The van der Waals surface area contributed by atoms with Crippen LogP contribution in [-0.4, -0.2) is 32.6 Å². The van der Waals surface area contributed by atoms with Crippen molar-refractivity contribution in [3.05, 3.63) is 64.7 Å². The molecule has 0 saturated heterocycles. The maximum Gasteiger partial charge on any atom is 0.331 e. The highest BCUT2D eigenvalue weighted by atomic mass is 35.5. The van der Waals surface area contributed by atoms with Crippen LogP contribution in [0.15, 0.2) is 48.5 Å².